The van der Waals surface area contributed by atoms with Gasteiger partial charge in [-0.25, -0.2) is 0 Å². The number of benzene rings is 1. The van der Waals surface area contributed by atoms with Crippen LogP contribution in [0.15, 0.2) is 22.7 Å². The van der Waals surface area contributed by atoms with Gasteiger partial charge in [0.2, 0.25) is 0 Å². The van der Waals surface area contributed by atoms with Crippen LogP contribution in [0.4, 0.5) is 5.82 Å². The number of nitrogens with two attached hydrogens (primary N) is 1. The molecule has 94 valence electrons. The predicted octanol–water partition coefficient (Wildman–Crippen LogP) is 3.13. The summed E-state index contributed by atoms with van der Waals surface area (Å²) in [6.45, 7) is 4.18. The molecule has 0 spiro atoms. The van der Waals surface area contributed by atoms with Crippen LogP contribution in [0.1, 0.15) is 19.4 Å². The maximum absolute atomic E-state index is 5.92. The van der Waals surface area contributed by atoms with Gasteiger partial charge in [0.25, 0.3) is 0 Å². The van der Waals surface area contributed by atoms with E-state index < -0.39 is 0 Å². The highest BCUT2D eigenvalue weighted by atomic mass is 79.9. The molecule has 1 aliphatic heterocycles. The van der Waals surface area contributed by atoms with Gasteiger partial charge in [0.05, 0.1) is 10.2 Å². The first-order valence-corrected chi connectivity index (χ1v) is 6.57. The third-order valence-corrected chi connectivity index (χ3v) is 3.61. The largest absolute Gasteiger partial charge is 0.486 e. The van der Waals surface area contributed by atoms with Gasteiger partial charge in [0.1, 0.15) is 17.2 Å². The van der Waals surface area contributed by atoms with Crippen molar-refractivity contribution in [2.45, 2.75) is 25.9 Å². The zero-order chi connectivity index (χ0) is 12.9. The summed E-state index contributed by atoms with van der Waals surface area (Å²) < 4.78 is 6.89. The van der Waals surface area contributed by atoms with Crippen molar-refractivity contribution in [3.05, 3.63) is 28.2 Å². The molecular formula is C13H14BrN3O. The van der Waals surface area contributed by atoms with Crippen LogP contribution < -0.4 is 10.5 Å². The molecule has 0 atom stereocenters. The average Bonchev–Trinajstić information content (AvgIpc) is 2.81. The molecule has 1 aliphatic rings. The standard InChI is InChI=1S/C13H14BrN3O/c1-13(2)6-8-3-7(4-9(14)12(8)18-13)10-5-11(15)17-16-10/h3-5H,6H2,1-2H3,(H3,15,16,17). The van der Waals surface area contributed by atoms with E-state index in [1.807, 2.05) is 12.1 Å². The minimum absolute atomic E-state index is 0.142. The second kappa shape index (κ2) is 3.75. The van der Waals surface area contributed by atoms with Crippen LogP contribution in [0.3, 0.4) is 0 Å². The molecule has 0 aliphatic carbocycles. The molecular weight excluding hydrogens is 294 g/mol. The molecule has 18 heavy (non-hydrogen) atoms. The van der Waals surface area contributed by atoms with Gasteiger partial charge in [-0.15, -0.1) is 0 Å². The number of aromatic amines is 1. The number of H-pyrrole nitrogens is 1. The second-order valence-corrected chi connectivity index (χ2v) is 6.05. The van der Waals surface area contributed by atoms with Crippen molar-refractivity contribution in [1.82, 2.24) is 10.2 Å². The van der Waals surface area contributed by atoms with E-state index in [0.29, 0.717) is 5.82 Å². The van der Waals surface area contributed by atoms with Crippen LogP contribution in [0.2, 0.25) is 0 Å². The van der Waals surface area contributed by atoms with Crippen LogP contribution >= 0.6 is 15.9 Å². The Morgan fingerprint density at radius 3 is 2.83 bits per heavy atom. The van der Waals surface area contributed by atoms with Gasteiger partial charge in [-0.2, -0.15) is 5.10 Å². The summed E-state index contributed by atoms with van der Waals surface area (Å²) in [6.07, 6.45) is 0.901. The zero-order valence-corrected chi connectivity index (χ0v) is 11.8. The number of fused-ring (bicyclic) bond motifs is 1. The fourth-order valence-electron chi connectivity index (χ4n) is 2.31. The van der Waals surface area contributed by atoms with E-state index in [9.17, 15) is 0 Å². The number of nitrogen functional groups attached to an aromatic ring is 1. The van der Waals surface area contributed by atoms with E-state index >= 15 is 0 Å². The Balaban J connectivity index is 2.09. The summed E-state index contributed by atoms with van der Waals surface area (Å²) in [7, 11) is 0. The summed E-state index contributed by atoms with van der Waals surface area (Å²) in [4.78, 5) is 0. The maximum atomic E-state index is 5.92. The fourth-order valence-corrected chi connectivity index (χ4v) is 2.89. The maximum Gasteiger partial charge on any atom is 0.145 e. The van der Waals surface area contributed by atoms with Crippen LogP contribution in [0.5, 0.6) is 5.75 Å². The fraction of sp³-hybridized carbons (Fsp3) is 0.308. The number of aromatic nitrogens is 2. The van der Waals surface area contributed by atoms with Gasteiger partial charge < -0.3 is 10.5 Å². The third-order valence-electron chi connectivity index (χ3n) is 3.02. The molecule has 2 heterocycles. The summed E-state index contributed by atoms with van der Waals surface area (Å²) in [5.41, 5.74) is 8.67. The quantitative estimate of drug-likeness (QED) is 0.850. The number of ether oxygens (including phenoxy) is 1. The van der Waals surface area contributed by atoms with E-state index in [-0.39, 0.29) is 5.60 Å². The molecule has 5 heteroatoms. The number of nitrogens with zero attached hydrogens (tertiary/aromatic N) is 1. The molecule has 1 aromatic carbocycles. The summed E-state index contributed by atoms with van der Waals surface area (Å²) >= 11 is 3.56. The highest BCUT2D eigenvalue weighted by molar-refractivity contribution is 9.10. The minimum Gasteiger partial charge on any atom is -0.486 e. The van der Waals surface area contributed by atoms with Crippen LogP contribution in [0, 0.1) is 0 Å². The highest BCUT2D eigenvalue weighted by Gasteiger charge is 2.32. The summed E-state index contributed by atoms with van der Waals surface area (Å²) in [5.74, 6) is 1.44. The van der Waals surface area contributed by atoms with Crippen molar-refractivity contribution in [2.75, 3.05) is 5.73 Å². The van der Waals surface area contributed by atoms with Crippen molar-refractivity contribution in [3.8, 4) is 17.0 Å². The molecule has 0 unspecified atom stereocenters. The lowest BCUT2D eigenvalue weighted by atomic mass is 9.99. The molecule has 0 saturated carbocycles. The van der Waals surface area contributed by atoms with Crippen molar-refractivity contribution in [2.24, 2.45) is 0 Å². The third kappa shape index (κ3) is 1.88. The Morgan fingerprint density at radius 2 is 2.17 bits per heavy atom. The normalized spacial score (nSPS) is 16.4. The van der Waals surface area contributed by atoms with E-state index in [1.165, 1.54) is 5.56 Å². The number of hydrogen-bond donors (Lipinski definition) is 2. The van der Waals surface area contributed by atoms with Crippen LogP contribution in [-0.4, -0.2) is 15.8 Å². The van der Waals surface area contributed by atoms with Gasteiger partial charge in [0.15, 0.2) is 0 Å². The van der Waals surface area contributed by atoms with Crippen molar-refractivity contribution in [3.63, 3.8) is 0 Å². The smallest absolute Gasteiger partial charge is 0.145 e. The van der Waals surface area contributed by atoms with E-state index in [2.05, 4.69) is 46.0 Å². The Hall–Kier alpha value is -1.49. The monoisotopic (exact) mass is 307 g/mol. The number of hydrogen-bond acceptors (Lipinski definition) is 3. The van der Waals surface area contributed by atoms with Gasteiger partial charge in [-0.1, -0.05) is 0 Å². The first-order chi connectivity index (χ1) is 8.44. The number of nitrogens with one attached hydrogen (secondary N) is 1. The van der Waals surface area contributed by atoms with Crippen molar-refractivity contribution < 1.29 is 4.74 Å². The predicted molar refractivity (Wildman–Crippen MR) is 74.5 cm³/mol. The molecule has 3 rings (SSSR count). The molecule has 0 bridgehead atoms. The Labute approximate surface area is 114 Å². The molecule has 0 amide bonds. The van der Waals surface area contributed by atoms with Crippen LogP contribution in [0.25, 0.3) is 11.3 Å². The Bertz CT molecular complexity index is 619. The second-order valence-electron chi connectivity index (χ2n) is 5.19. The van der Waals surface area contributed by atoms with E-state index in [1.54, 1.807) is 0 Å². The Kier molecular flexibility index (Phi) is 2.41. The highest BCUT2D eigenvalue weighted by Crippen LogP contribution is 2.42. The Morgan fingerprint density at radius 1 is 1.39 bits per heavy atom. The SMILES string of the molecule is CC1(C)Cc2cc(-c3cc(N)n[nH]3)cc(Br)c2O1. The number of anilines is 1. The molecule has 1 aromatic heterocycles. The van der Waals surface area contributed by atoms with E-state index in [0.717, 1.165) is 27.9 Å². The van der Waals surface area contributed by atoms with Gasteiger partial charge >= 0.3 is 0 Å². The zero-order valence-electron chi connectivity index (χ0n) is 10.2. The first-order valence-electron chi connectivity index (χ1n) is 5.77. The van der Waals surface area contributed by atoms with Gasteiger partial charge in [0, 0.05) is 18.1 Å². The van der Waals surface area contributed by atoms with Crippen molar-refractivity contribution in [1.29, 1.82) is 0 Å². The lowest BCUT2D eigenvalue weighted by Gasteiger charge is -2.17. The average molecular weight is 308 g/mol. The minimum atomic E-state index is -0.142. The summed E-state index contributed by atoms with van der Waals surface area (Å²) in [6, 6.07) is 5.98. The molecule has 0 saturated heterocycles. The lowest BCUT2D eigenvalue weighted by Crippen LogP contribution is -2.24. The molecule has 0 fully saturated rings. The summed E-state index contributed by atoms with van der Waals surface area (Å²) in [5, 5.41) is 6.88. The van der Waals surface area contributed by atoms with Gasteiger partial charge in [-0.3, -0.25) is 5.10 Å². The van der Waals surface area contributed by atoms with E-state index in [4.69, 9.17) is 10.5 Å². The first kappa shape index (κ1) is 11.6. The van der Waals surface area contributed by atoms with Crippen LogP contribution in [-0.2, 0) is 6.42 Å². The molecule has 0 radical (unpaired) electrons. The lowest BCUT2D eigenvalue weighted by molar-refractivity contribution is 0.137. The number of halogens is 1. The molecule has 2 aromatic rings. The molecule has 4 nitrogen and oxygen atoms in total. The van der Waals surface area contributed by atoms with Crippen molar-refractivity contribution >= 4 is 21.7 Å². The molecule has 3 N–H and O–H groups in total. The number of rotatable bonds is 1. The van der Waals surface area contributed by atoms with Gasteiger partial charge in [-0.05, 0) is 47.5 Å². The topological polar surface area (TPSA) is 63.9 Å².